The van der Waals surface area contributed by atoms with Gasteiger partial charge in [0.25, 0.3) is 0 Å². The maximum atomic E-state index is 8.60. The van der Waals surface area contributed by atoms with E-state index >= 15 is 0 Å². The Hall–Kier alpha value is -1.33. The minimum Gasteiger partial charge on any atom is -0.377 e. The Bertz CT molecular complexity index is 289. The van der Waals surface area contributed by atoms with E-state index in [0.717, 1.165) is 5.56 Å². The summed E-state index contributed by atoms with van der Waals surface area (Å²) in [5, 5.41) is 8.60. The van der Waals surface area contributed by atoms with Crippen molar-refractivity contribution in [3.63, 3.8) is 0 Å². The Morgan fingerprint density at radius 1 is 1.19 bits per heavy atom. The smallest absolute Gasteiger partial charge is 0.0991 e. The van der Waals surface area contributed by atoms with Crippen LogP contribution >= 0.6 is 0 Å². The summed E-state index contributed by atoms with van der Waals surface area (Å²) in [7, 11) is 0. The summed E-state index contributed by atoms with van der Waals surface area (Å²) in [6.45, 7) is 11.2. The van der Waals surface area contributed by atoms with Gasteiger partial charge in [-0.05, 0) is 24.6 Å². The largest absolute Gasteiger partial charge is 0.377 e. The molecule has 0 N–H and O–H groups in total. The molecule has 0 aliphatic heterocycles. The summed E-state index contributed by atoms with van der Waals surface area (Å²) >= 11 is 0. The van der Waals surface area contributed by atoms with Crippen molar-refractivity contribution in [2.75, 3.05) is 6.61 Å². The van der Waals surface area contributed by atoms with Crippen LogP contribution in [0.15, 0.2) is 24.3 Å². The Morgan fingerprint density at radius 3 is 2.31 bits per heavy atom. The molecule has 0 saturated heterocycles. The quantitative estimate of drug-likeness (QED) is 0.768. The van der Waals surface area contributed by atoms with E-state index in [1.807, 2.05) is 52.8 Å². The molecule has 0 aliphatic rings. The molecule has 2 nitrogen and oxygen atoms in total. The van der Waals surface area contributed by atoms with Gasteiger partial charge in [0.15, 0.2) is 0 Å². The van der Waals surface area contributed by atoms with E-state index in [2.05, 4.69) is 6.07 Å². The molecule has 1 aromatic rings. The first-order chi connectivity index (χ1) is 7.86. The molecule has 0 atom stereocenters. The predicted octanol–water partition coefficient (Wildman–Crippen LogP) is 4.15. The zero-order valence-corrected chi connectivity index (χ0v) is 11.1. The summed E-state index contributed by atoms with van der Waals surface area (Å²) in [4.78, 5) is 0. The Kier molecular flexibility index (Phi) is 14.6. The first-order valence-electron chi connectivity index (χ1n) is 5.93. The molecule has 0 bridgehead atoms. The van der Waals surface area contributed by atoms with Crippen molar-refractivity contribution in [3.8, 4) is 6.07 Å². The van der Waals surface area contributed by atoms with Crippen molar-refractivity contribution < 1.29 is 4.74 Å². The van der Waals surface area contributed by atoms with Crippen molar-refractivity contribution in [1.29, 1.82) is 5.26 Å². The molecule has 0 spiro atoms. The van der Waals surface area contributed by atoms with E-state index in [0.29, 0.717) is 18.8 Å². The summed E-state index contributed by atoms with van der Waals surface area (Å²) < 4.78 is 5.21. The molecule has 0 unspecified atom stereocenters. The molecule has 1 aromatic carbocycles. The molecular weight excluding hydrogens is 198 g/mol. The maximum Gasteiger partial charge on any atom is 0.0991 e. The van der Waals surface area contributed by atoms with Gasteiger partial charge in [-0.15, -0.1) is 0 Å². The normalized spacial score (nSPS) is 7.75. The molecule has 0 saturated carbocycles. The van der Waals surface area contributed by atoms with Crippen LogP contribution in [0.4, 0.5) is 0 Å². The van der Waals surface area contributed by atoms with Crippen LogP contribution in [0.2, 0.25) is 0 Å². The van der Waals surface area contributed by atoms with Crippen LogP contribution in [0.5, 0.6) is 0 Å². The van der Waals surface area contributed by atoms with Gasteiger partial charge in [0, 0.05) is 6.61 Å². The molecule has 16 heavy (non-hydrogen) atoms. The lowest BCUT2D eigenvalue weighted by molar-refractivity contribution is 0.134. The highest BCUT2D eigenvalue weighted by Gasteiger charge is 1.93. The van der Waals surface area contributed by atoms with Crippen molar-refractivity contribution in [2.24, 2.45) is 0 Å². The summed E-state index contributed by atoms with van der Waals surface area (Å²) in [5.74, 6) is 0. The monoisotopic (exact) mass is 221 g/mol. The zero-order valence-electron chi connectivity index (χ0n) is 11.1. The van der Waals surface area contributed by atoms with E-state index in [1.54, 1.807) is 6.07 Å². The fourth-order valence-electron chi connectivity index (χ4n) is 0.951. The van der Waals surface area contributed by atoms with Gasteiger partial charge < -0.3 is 4.74 Å². The first-order valence-corrected chi connectivity index (χ1v) is 5.93. The molecule has 1 rings (SSSR count). The molecule has 0 amide bonds. The van der Waals surface area contributed by atoms with E-state index in [4.69, 9.17) is 10.00 Å². The van der Waals surface area contributed by atoms with E-state index in [9.17, 15) is 0 Å². The number of benzene rings is 1. The lowest BCUT2D eigenvalue weighted by Gasteiger charge is -2.00. The number of rotatable bonds is 3. The van der Waals surface area contributed by atoms with E-state index in [1.165, 1.54) is 0 Å². The van der Waals surface area contributed by atoms with Gasteiger partial charge >= 0.3 is 0 Å². The van der Waals surface area contributed by atoms with E-state index < -0.39 is 0 Å². The van der Waals surface area contributed by atoms with Crippen LogP contribution in [-0.4, -0.2) is 6.61 Å². The molecule has 0 radical (unpaired) electrons. The van der Waals surface area contributed by atoms with Crippen molar-refractivity contribution in [1.82, 2.24) is 0 Å². The average molecular weight is 221 g/mol. The van der Waals surface area contributed by atoms with Gasteiger partial charge in [0.05, 0.1) is 18.2 Å². The number of ether oxygens (including phenoxy) is 1. The van der Waals surface area contributed by atoms with Crippen LogP contribution in [0.25, 0.3) is 0 Å². The average Bonchev–Trinajstić information content (AvgIpc) is 2.41. The number of nitrogens with zero attached hydrogens (tertiary/aromatic N) is 1. The second-order valence-corrected chi connectivity index (χ2v) is 2.45. The molecule has 0 fully saturated rings. The summed E-state index contributed by atoms with van der Waals surface area (Å²) in [5.41, 5.74) is 1.74. The number of hydrogen-bond acceptors (Lipinski definition) is 2. The van der Waals surface area contributed by atoms with Crippen molar-refractivity contribution in [2.45, 2.75) is 41.2 Å². The molecule has 0 aliphatic carbocycles. The van der Waals surface area contributed by atoms with E-state index in [-0.39, 0.29) is 0 Å². The van der Waals surface area contributed by atoms with Crippen LogP contribution in [0, 0.1) is 11.3 Å². The fourth-order valence-corrected chi connectivity index (χ4v) is 0.951. The van der Waals surface area contributed by atoms with Crippen molar-refractivity contribution in [3.05, 3.63) is 35.4 Å². The second kappa shape index (κ2) is 13.7. The molecule has 90 valence electrons. The maximum absolute atomic E-state index is 8.60. The summed E-state index contributed by atoms with van der Waals surface area (Å²) in [6, 6.07) is 9.54. The highest BCUT2D eigenvalue weighted by atomic mass is 16.5. The van der Waals surface area contributed by atoms with Crippen LogP contribution < -0.4 is 0 Å². The van der Waals surface area contributed by atoms with Gasteiger partial charge in [0.2, 0.25) is 0 Å². The Balaban J connectivity index is 0. The first kappa shape index (κ1) is 17.1. The molecule has 2 heteroatoms. The molecular formula is C14H23NO. The minimum atomic E-state index is 0.589. The summed E-state index contributed by atoms with van der Waals surface area (Å²) in [6.07, 6.45) is 0. The van der Waals surface area contributed by atoms with Crippen LogP contribution in [0.3, 0.4) is 0 Å². The van der Waals surface area contributed by atoms with Gasteiger partial charge in [-0.1, -0.05) is 39.8 Å². The third kappa shape index (κ3) is 8.02. The third-order valence-corrected chi connectivity index (χ3v) is 1.53. The predicted molar refractivity (Wildman–Crippen MR) is 69.2 cm³/mol. The van der Waals surface area contributed by atoms with Crippen LogP contribution in [-0.2, 0) is 11.3 Å². The fraction of sp³-hybridized carbons (Fsp3) is 0.500. The Morgan fingerprint density at radius 2 is 1.81 bits per heavy atom. The van der Waals surface area contributed by atoms with Crippen molar-refractivity contribution >= 4 is 0 Å². The van der Waals surface area contributed by atoms with Gasteiger partial charge in [-0.25, -0.2) is 0 Å². The lowest BCUT2D eigenvalue weighted by Crippen LogP contribution is -1.91. The van der Waals surface area contributed by atoms with Gasteiger partial charge in [-0.2, -0.15) is 5.26 Å². The minimum absolute atomic E-state index is 0.589. The highest BCUT2D eigenvalue weighted by Crippen LogP contribution is 2.04. The molecule has 0 heterocycles. The zero-order chi connectivity index (χ0) is 12.8. The molecule has 0 aromatic heterocycles. The topological polar surface area (TPSA) is 33.0 Å². The Labute approximate surface area is 99.9 Å². The third-order valence-electron chi connectivity index (χ3n) is 1.53. The number of nitriles is 1. The second-order valence-electron chi connectivity index (χ2n) is 2.45. The highest BCUT2D eigenvalue weighted by molar-refractivity contribution is 5.32. The van der Waals surface area contributed by atoms with Crippen LogP contribution in [0.1, 0.15) is 45.7 Å². The lowest BCUT2D eigenvalue weighted by atomic mass is 10.1. The van der Waals surface area contributed by atoms with Gasteiger partial charge in [-0.3, -0.25) is 0 Å². The van der Waals surface area contributed by atoms with Gasteiger partial charge in [0.1, 0.15) is 0 Å². The SMILES string of the molecule is CC.CC.CCOCc1cccc(C#N)c1. The number of hydrogen-bond donors (Lipinski definition) is 0. The standard InChI is InChI=1S/C10H11NO.2C2H6/c1-2-12-8-10-5-3-4-9(6-10)7-11;2*1-2/h3-6H,2,8H2,1H3;2*1-2H3.